The number of piperazine rings is 1. The highest BCUT2D eigenvalue weighted by atomic mass is 19.4. The Morgan fingerprint density at radius 2 is 1.78 bits per heavy atom. The molecule has 0 bridgehead atoms. The standard InChI is InChI=1S/C43H47F5N12O5/c1-54-37-27(4-2-6-31(37)60(42(54)64)32-11-12-35(61)52-41(32)63)5-3-14-55-16-18-56(19-17-55)23-26-7-9-28(10-8-26)59-24-30(36(53-59)38(44)45)50-40(62)29-22-49-58-15-13-34(51-39(29)58)57-20-21-65-33(25-57)43(46,47)48/h2,4,6,13,15,22,24,26,28,32-33,38H,7-12,14,16-21,23,25H2,1H3,(H,50,62)(H,52,61,63). The van der Waals surface area contributed by atoms with E-state index in [2.05, 4.69) is 47.5 Å². The summed E-state index contributed by atoms with van der Waals surface area (Å²) in [6, 6.07) is 6.03. The Labute approximate surface area is 368 Å². The highest BCUT2D eigenvalue weighted by Gasteiger charge is 2.44. The lowest BCUT2D eigenvalue weighted by Crippen LogP contribution is -2.49. The van der Waals surface area contributed by atoms with Crippen molar-refractivity contribution in [2.45, 2.75) is 69.3 Å². The summed E-state index contributed by atoms with van der Waals surface area (Å²) in [6.07, 6.45) is -1.76. The number of imide groups is 1. The van der Waals surface area contributed by atoms with Gasteiger partial charge in [0.1, 0.15) is 17.4 Å². The molecule has 1 aromatic carbocycles. The van der Waals surface area contributed by atoms with Crippen LogP contribution in [0.4, 0.5) is 33.5 Å². The molecule has 1 aliphatic carbocycles. The fraction of sp³-hybridized carbons (Fsp3) is 0.512. The number of carbonyl (C=O) groups is 3. The summed E-state index contributed by atoms with van der Waals surface area (Å²) in [7, 11) is 1.66. The number of alkyl halides is 5. The topological polar surface area (TPSA) is 169 Å². The van der Waals surface area contributed by atoms with Crippen LogP contribution in [0.25, 0.3) is 16.7 Å². The van der Waals surface area contributed by atoms with Gasteiger partial charge < -0.3 is 19.9 Å². The molecule has 1 saturated carbocycles. The van der Waals surface area contributed by atoms with E-state index in [0.717, 1.165) is 58.4 Å². The van der Waals surface area contributed by atoms with Gasteiger partial charge in [0.05, 0.1) is 54.2 Å². The van der Waals surface area contributed by atoms with Crippen LogP contribution >= 0.6 is 0 Å². The lowest BCUT2D eigenvalue weighted by Gasteiger charge is -2.37. The first-order chi connectivity index (χ1) is 31.2. The van der Waals surface area contributed by atoms with E-state index >= 15 is 0 Å². The summed E-state index contributed by atoms with van der Waals surface area (Å²) in [5.41, 5.74) is 0.875. The van der Waals surface area contributed by atoms with Crippen molar-refractivity contribution >= 4 is 45.9 Å². The number of hydrogen-bond donors (Lipinski definition) is 2. The van der Waals surface area contributed by atoms with Crippen LogP contribution in [0.3, 0.4) is 0 Å². The van der Waals surface area contributed by atoms with E-state index in [4.69, 9.17) is 4.74 Å². The fourth-order valence-corrected chi connectivity index (χ4v) is 9.39. The Hall–Kier alpha value is -6.18. The number of hydrogen-bond acceptors (Lipinski definition) is 11. The number of rotatable bonds is 9. The number of morpholine rings is 1. The smallest absolute Gasteiger partial charge is 0.365 e. The maximum absolute atomic E-state index is 14.3. The van der Waals surface area contributed by atoms with E-state index in [1.54, 1.807) is 13.1 Å². The van der Waals surface area contributed by atoms with Crippen molar-refractivity contribution < 1.29 is 41.1 Å². The van der Waals surface area contributed by atoms with Gasteiger partial charge in [-0.15, -0.1) is 0 Å². The molecule has 2 atom stereocenters. The van der Waals surface area contributed by atoms with Crippen molar-refractivity contribution in [3.05, 3.63) is 70.2 Å². The van der Waals surface area contributed by atoms with E-state index in [1.807, 2.05) is 12.1 Å². The number of benzene rings is 1. The Morgan fingerprint density at radius 1 is 1.02 bits per heavy atom. The minimum Gasteiger partial charge on any atom is -0.365 e. The van der Waals surface area contributed by atoms with Crippen LogP contribution in [0.1, 0.15) is 78.6 Å². The predicted octanol–water partition coefficient (Wildman–Crippen LogP) is 3.91. The molecule has 0 radical (unpaired) electrons. The van der Waals surface area contributed by atoms with Crippen LogP contribution in [-0.4, -0.2) is 132 Å². The first-order valence-electron chi connectivity index (χ1n) is 21.6. The summed E-state index contributed by atoms with van der Waals surface area (Å²) in [6.45, 7) is 4.38. The number of imidazole rings is 1. The van der Waals surface area contributed by atoms with Gasteiger partial charge in [-0.3, -0.25) is 38.4 Å². The largest absolute Gasteiger partial charge is 0.416 e. The second-order valence-electron chi connectivity index (χ2n) is 17.0. The zero-order chi connectivity index (χ0) is 45.6. The third kappa shape index (κ3) is 9.09. The van der Waals surface area contributed by atoms with Gasteiger partial charge in [-0.2, -0.15) is 23.4 Å². The summed E-state index contributed by atoms with van der Waals surface area (Å²) < 4.78 is 79.3. The van der Waals surface area contributed by atoms with Crippen LogP contribution in [0.15, 0.2) is 47.7 Å². The van der Waals surface area contributed by atoms with Gasteiger partial charge in [0.2, 0.25) is 11.8 Å². The van der Waals surface area contributed by atoms with Crippen LogP contribution in [-0.2, 0) is 21.4 Å². The summed E-state index contributed by atoms with van der Waals surface area (Å²) in [5.74, 6) is 5.54. The number of nitrogens with one attached hydrogen (secondary N) is 2. The number of ether oxygens (including phenoxy) is 1. The molecule has 4 fully saturated rings. The summed E-state index contributed by atoms with van der Waals surface area (Å²) >= 11 is 0. The van der Waals surface area contributed by atoms with Crippen molar-refractivity contribution in [1.29, 1.82) is 0 Å². The number of piperidine rings is 1. The molecular weight excluding hydrogens is 860 g/mol. The highest BCUT2D eigenvalue weighted by Crippen LogP contribution is 2.36. The second-order valence-corrected chi connectivity index (χ2v) is 17.0. The molecule has 0 spiro atoms. The molecule has 3 amide bonds. The molecule has 22 heteroatoms. The molecule has 17 nitrogen and oxygen atoms in total. The molecule has 5 aromatic rings. The van der Waals surface area contributed by atoms with Gasteiger partial charge in [-0.25, -0.2) is 23.1 Å². The van der Waals surface area contributed by atoms with Crippen molar-refractivity contribution in [3.63, 3.8) is 0 Å². The van der Waals surface area contributed by atoms with E-state index in [-0.39, 0.29) is 66.3 Å². The third-order valence-electron chi connectivity index (χ3n) is 12.9. The molecule has 65 heavy (non-hydrogen) atoms. The van der Waals surface area contributed by atoms with Gasteiger partial charge in [-0.1, -0.05) is 17.9 Å². The number of halogens is 5. The number of fused-ring (bicyclic) bond motifs is 2. The summed E-state index contributed by atoms with van der Waals surface area (Å²) in [4.78, 5) is 61.7. The van der Waals surface area contributed by atoms with Gasteiger partial charge in [0.25, 0.3) is 12.3 Å². The molecule has 4 aliphatic rings. The average Bonchev–Trinajstić information content (AvgIpc) is 3.98. The maximum Gasteiger partial charge on any atom is 0.416 e. The Morgan fingerprint density at radius 3 is 2.52 bits per heavy atom. The van der Waals surface area contributed by atoms with Crippen LogP contribution < -0.4 is 21.2 Å². The normalized spacial score (nSPS) is 22.7. The number of carbonyl (C=O) groups excluding carboxylic acids is 3. The highest BCUT2D eigenvalue weighted by molar-refractivity contribution is 6.08. The minimum atomic E-state index is -4.56. The van der Waals surface area contributed by atoms with Gasteiger partial charge in [0, 0.05) is 65.1 Å². The van der Waals surface area contributed by atoms with Crippen LogP contribution in [0, 0.1) is 17.8 Å². The van der Waals surface area contributed by atoms with Crippen molar-refractivity contribution in [1.82, 2.24) is 48.6 Å². The molecule has 4 aromatic heterocycles. The molecule has 344 valence electrons. The average molecular weight is 907 g/mol. The number of aryl methyl sites for hydroxylation is 1. The van der Waals surface area contributed by atoms with Gasteiger partial charge in [0.15, 0.2) is 17.4 Å². The van der Waals surface area contributed by atoms with Crippen molar-refractivity contribution in [3.8, 4) is 11.8 Å². The van der Waals surface area contributed by atoms with Crippen LogP contribution in [0.5, 0.6) is 0 Å². The van der Waals surface area contributed by atoms with Gasteiger partial charge in [-0.05, 0) is 56.2 Å². The number of anilines is 2. The molecule has 9 rings (SSSR count). The second kappa shape index (κ2) is 18.0. The molecule has 3 aliphatic heterocycles. The Bertz CT molecular complexity index is 2740. The van der Waals surface area contributed by atoms with E-state index < -0.39 is 48.8 Å². The maximum atomic E-state index is 14.3. The minimum absolute atomic E-state index is 0.0434. The molecule has 7 heterocycles. The number of nitrogens with zero attached hydrogens (tertiary/aromatic N) is 10. The van der Waals surface area contributed by atoms with E-state index in [1.165, 1.54) is 47.9 Å². The molecule has 3 saturated heterocycles. The predicted molar refractivity (Wildman–Crippen MR) is 225 cm³/mol. The quantitative estimate of drug-likeness (QED) is 0.125. The van der Waals surface area contributed by atoms with Crippen molar-refractivity contribution in [2.75, 3.05) is 69.2 Å². The fourth-order valence-electron chi connectivity index (χ4n) is 9.39. The van der Waals surface area contributed by atoms with Crippen molar-refractivity contribution in [2.24, 2.45) is 13.0 Å². The van der Waals surface area contributed by atoms with Crippen LogP contribution in [0.2, 0.25) is 0 Å². The lowest BCUT2D eigenvalue weighted by atomic mass is 9.85. The number of para-hydroxylation sites is 1. The van der Waals surface area contributed by atoms with Gasteiger partial charge >= 0.3 is 11.9 Å². The number of aromatic nitrogens is 7. The zero-order valence-corrected chi connectivity index (χ0v) is 35.4. The molecule has 2 unspecified atom stereocenters. The van der Waals surface area contributed by atoms with E-state index in [9.17, 15) is 41.1 Å². The molecular formula is C43H47F5N12O5. The lowest BCUT2D eigenvalue weighted by molar-refractivity contribution is -0.221. The molecule has 2 N–H and O–H groups in total. The number of amides is 3. The monoisotopic (exact) mass is 906 g/mol. The third-order valence-corrected chi connectivity index (χ3v) is 12.9. The Balaban J connectivity index is 0.770. The SMILES string of the molecule is Cn1c(=O)n(C2CCC(=O)NC2=O)c2cccc(C#CCN3CCN(CC4CCC(n5cc(NC(=O)c6cnn7ccc(N8CCOC(C(F)(F)F)C8)nc67)c(C(F)F)n5)CC4)CC3)c21. The first kappa shape index (κ1) is 44.0. The first-order valence-corrected chi connectivity index (χ1v) is 21.6. The zero-order valence-electron chi connectivity index (χ0n) is 35.4. The Kier molecular flexibility index (Phi) is 12.2. The summed E-state index contributed by atoms with van der Waals surface area (Å²) in [5, 5.41) is 13.2. The van der Waals surface area contributed by atoms with E-state index in [0.29, 0.717) is 29.1 Å².